The van der Waals surface area contributed by atoms with E-state index in [1.165, 1.54) is 0 Å². The number of ether oxygens (including phenoxy) is 1. The maximum absolute atomic E-state index is 12.7. The van der Waals surface area contributed by atoms with Gasteiger partial charge in [-0.25, -0.2) is 9.78 Å². The van der Waals surface area contributed by atoms with Crippen LogP contribution in [0.4, 0.5) is 10.6 Å². The molecule has 27 heavy (non-hydrogen) atoms. The highest BCUT2D eigenvalue weighted by atomic mass is 16.6. The van der Waals surface area contributed by atoms with Crippen molar-refractivity contribution in [3.05, 3.63) is 59.8 Å². The molecule has 1 aromatic heterocycles. The molecule has 0 unspecified atom stereocenters. The van der Waals surface area contributed by atoms with Gasteiger partial charge >= 0.3 is 6.09 Å². The van der Waals surface area contributed by atoms with E-state index in [4.69, 9.17) is 4.74 Å². The van der Waals surface area contributed by atoms with Crippen molar-refractivity contribution in [3.8, 4) is 0 Å². The van der Waals surface area contributed by atoms with Gasteiger partial charge in [-0.1, -0.05) is 50.2 Å². The maximum atomic E-state index is 12.7. The number of likely N-dealkylation sites (tertiary alicyclic amines) is 1. The van der Waals surface area contributed by atoms with Gasteiger partial charge in [0.1, 0.15) is 12.4 Å². The highest BCUT2D eigenvalue weighted by Gasteiger charge is 2.29. The molecule has 1 aliphatic heterocycles. The van der Waals surface area contributed by atoms with Gasteiger partial charge in [0.15, 0.2) is 0 Å². The number of nitrogens with zero attached hydrogens (tertiary/aromatic N) is 2. The molecule has 2 aromatic rings. The van der Waals surface area contributed by atoms with Crippen molar-refractivity contribution in [3.63, 3.8) is 0 Å². The third kappa shape index (κ3) is 5.46. The molecule has 0 aliphatic carbocycles. The summed E-state index contributed by atoms with van der Waals surface area (Å²) in [4.78, 5) is 19.0. The largest absolute Gasteiger partial charge is 0.445 e. The molecule has 1 amide bonds. The molecule has 0 saturated carbocycles. The molecule has 3 rings (SSSR count). The molecule has 1 fully saturated rings. The average molecular weight is 367 g/mol. The minimum Gasteiger partial charge on any atom is -0.445 e. The first-order chi connectivity index (χ1) is 13.1. The number of benzene rings is 1. The molecular weight excluding hydrogens is 338 g/mol. The number of hydrogen-bond donors (Lipinski definition) is 1. The molecule has 5 heteroatoms. The van der Waals surface area contributed by atoms with Gasteiger partial charge in [-0.05, 0) is 42.4 Å². The van der Waals surface area contributed by atoms with E-state index in [9.17, 15) is 4.79 Å². The lowest BCUT2D eigenvalue weighted by Gasteiger charge is -2.35. The molecule has 0 bridgehead atoms. The van der Waals surface area contributed by atoms with Gasteiger partial charge in [-0.15, -0.1) is 0 Å². The van der Waals surface area contributed by atoms with E-state index in [0.29, 0.717) is 12.5 Å². The summed E-state index contributed by atoms with van der Waals surface area (Å²) in [6, 6.07) is 13.9. The van der Waals surface area contributed by atoms with Gasteiger partial charge < -0.3 is 15.0 Å². The summed E-state index contributed by atoms with van der Waals surface area (Å²) < 4.78 is 5.56. The zero-order valence-electron chi connectivity index (χ0n) is 16.2. The number of nitrogens with one attached hydrogen (secondary N) is 1. The first kappa shape index (κ1) is 19.2. The van der Waals surface area contributed by atoms with E-state index in [-0.39, 0.29) is 12.1 Å². The summed E-state index contributed by atoms with van der Waals surface area (Å²) in [5, 5.41) is 3.33. The second-order valence-corrected chi connectivity index (χ2v) is 7.50. The number of piperidine rings is 1. The fourth-order valence-electron chi connectivity index (χ4n) is 3.31. The predicted octanol–water partition coefficient (Wildman–Crippen LogP) is 5.01. The summed E-state index contributed by atoms with van der Waals surface area (Å²) in [5.74, 6) is 1.45. The van der Waals surface area contributed by atoms with E-state index in [1.807, 2.05) is 47.5 Å². The summed E-state index contributed by atoms with van der Waals surface area (Å²) in [6.45, 7) is 6.27. The summed E-state index contributed by atoms with van der Waals surface area (Å²) >= 11 is 0. The normalized spacial score (nSPS) is 17.0. The van der Waals surface area contributed by atoms with Crippen LogP contribution in [-0.2, 0) is 11.3 Å². The van der Waals surface area contributed by atoms with Crippen LogP contribution in [0.15, 0.2) is 48.7 Å². The molecule has 2 heterocycles. The Morgan fingerprint density at radius 2 is 2.04 bits per heavy atom. The number of rotatable bonds is 6. The van der Waals surface area contributed by atoms with Crippen LogP contribution in [0.3, 0.4) is 0 Å². The molecule has 144 valence electrons. The van der Waals surface area contributed by atoms with Crippen LogP contribution in [0.2, 0.25) is 0 Å². The third-order valence-electron chi connectivity index (χ3n) is 4.81. The monoisotopic (exact) mass is 367 g/mol. The number of hydrogen-bond acceptors (Lipinski definition) is 4. The highest BCUT2D eigenvalue weighted by Crippen LogP contribution is 2.31. The Morgan fingerprint density at radius 3 is 2.74 bits per heavy atom. The molecule has 1 N–H and O–H groups in total. The molecule has 1 atom stereocenters. The van der Waals surface area contributed by atoms with Crippen molar-refractivity contribution < 1.29 is 9.53 Å². The van der Waals surface area contributed by atoms with Crippen molar-refractivity contribution in [1.29, 1.82) is 0 Å². The Kier molecular flexibility index (Phi) is 6.69. The minimum absolute atomic E-state index is 0.0358. The predicted molar refractivity (Wildman–Crippen MR) is 107 cm³/mol. The second-order valence-electron chi connectivity index (χ2n) is 7.50. The smallest absolute Gasteiger partial charge is 0.410 e. The van der Waals surface area contributed by atoms with E-state index >= 15 is 0 Å². The van der Waals surface area contributed by atoms with E-state index in [2.05, 4.69) is 30.2 Å². The summed E-state index contributed by atoms with van der Waals surface area (Å²) in [7, 11) is 0. The van der Waals surface area contributed by atoms with Gasteiger partial charge in [0, 0.05) is 19.3 Å². The van der Waals surface area contributed by atoms with Crippen LogP contribution in [0, 0.1) is 5.92 Å². The van der Waals surface area contributed by atoms with Crippen molar-refractivity contribution >= 4 is 11.9 Å². The Labute approximate surface area is 161 Å². The number of amides is 1. The van der Waals surface area contributed by atoms with Gasteiger partial charge in [0.05, 0.1) is 6.04 Å². The lowest BCUT2D eigenvalue weighted by Crippen LogP contribution is -2.38. The van der Waals surface area contributed by atoms with Crippen molar-refractivity contribution in [1.82, 2.24) is 9.88 Å². The number of anilines is 1. The van der Waals surface area contributed by atoms with Crippen LogP contribution in [0.25, 0.3) is 0 Å². The van der Waals surface area contributed by atoms with Crippen molar-refractivity contribution in [2.75, 3.05) is 18.4 Å². The standard InChI is InChI=1S/C22H29N3O2/c1-17(2)14-23-21-12-11-19(15-24-21)20-10-6-7-13-25(20)22(26)27-16-18-8-4-3-5-9-18/h3-5,8-9,11-12,15,17,20H,6-7,10,13-14,16H2,1-2H3,(H,23,24)/t20-/m1/s1. The maximum Gasteiger partial charge on any atom is 0.410 e. The van der Waals surface area contributed by atoms with Crippen LogP contribution < -0.4 is 5.32 Å². The first-order valence-electron chi connectivity index (χ1n) is 9.80. The number of carbonyl (C=O) groups excluding carboxylic acids is 1. The van der Waals surface area contributed by atoms with Crippen LogP contribution >= 0.6 is 0 Å². The fraction of sp³-hybridized carbons (Fsp3) is 0.455. The Bertz CT molecular complexity index is 716. The van der Waals surface area contributed by atoms with Gasteiger partial charge in [0.2, 0.25) is 0 Å². The number of aromatic nitrogens is 1. The Morgan fingerprint density at radius 1 is 1.22 bits per heavy atom. The Balaban J connectivity index is 1.63. The van der Waals surface area contributed by atoms with Crippen LogP contribution in [-0.4, -0.2) is 29.1 Å². The molecule has 1 aliphatic rings. The Hall–Kier alpha value is -2.56. The lowest BCUT2D eigenvalue weighted by molar-refractivity contribution is 0.0678. The summed E-state index contributed by atoms with van der Waals surface area (Å²) in [6.07, 6.45) is 4.71. The molecule has 0 radical (unpaired) electrons. The lowest BCUT2D eigenvalue weighted by atomic mass is 9.97. The molecule has 1 saturated heterocycles. The molecular formula is C22H29N3O2. The first-order valence-corrected chi connectivity index (χ1v) is 9.80. The number of carbonyl (C=O) groups is 1. The van der Waals surface area contributed by atoms with Crippen molar-refractivity contribution in [2.45, 2.75) is 45.8 Å². The van der Waals surface area contributed by atoms with Gasteiger partial charge in [-0.2, -0.15) is 0 Å². The van der Waals surface area contributed by atoms with E-state index in [0.717, 1.165) is 49.3 Å². The van der Waals surface area contributed by atoms with Gasteiger partial charge in [0.25, 0.3) is 0 Å². The molecule has 1 aromatic carbocycles. The SMILES string of the molecule is CC(C)CNc1ccc([C@H]2CCCCN2C(=O)OCc2ccccc2)cn1. The van der Waals surface area contributed by atoms with Crippen molar-refractivity contribution in [2.24, 2.45) is 5.92 Å². The second kappa shape index (κ2) is 9.40. The molecule has 0 spiro atoms. The quantitative estimate of drug-likeness (QED) is 0.779. The van der Waals surface area contributed by atoms with E-state index in [1.54, 1.807) is 0 Å². The zero-order chi connectivity index (χ0) is 19.1. The number of pyridine rings is 1. The third-order valence-corrected chi connectivity index (χ3v) is 4.81. The topological polar surface area (TPSA) is 54.5 Å². The van der Waals surface area contributed by atoms with Crippen LogP contribution in [0.5, 0.6) is 0 Å². The van der Waals surface area contributed by atoms with Gasteiger partial charge in [-0.3, -0.25) is 0 Å². The fourth-order valence-corrected chi connectivity index (χ4v) is 3.31. The minimum atomic E-state index is -0.245. The highest BCUT2D eigenvalue weighted by molar-refractivity contribution is 5.68. The van der Waals surface area contributed by atoms with E-state index < -0.39 is 0 Å². The summed E-state index contributed by atoms with van der Waals surface area (Å²) in [5.41, 5.74) is 2.07. The van der Waals surface area contributed by atoms with Crippen LogP contribution in [0.1, 0.15) is 50.3 Å². The molecule has 5 nitrogen and oxygen atoms in total. The zero-order valence-corrected chi connectivity index (χ0v) is 16.2. The average Bonchev–Trinajstić information content (AvgIpc) is 2.71.